The van der Waals surface area contributed by atoms with E-state index in [2.05, 4.69) is 55.3 Å². The van der Waals surface area contributed by atoms with Gasteiger partial charge in [-0.2, -0.15) is 11.8 Å². The molecule has 1 aromatic heterocycles. The van der Waals surface area contributed by atoms with Gasteiger partial charge in [0.2, 0.25) is 5.95 Å². The van der Waals surface area contributed by atoms with Crippen LogP contribution in [0.25, 0.3) is 0 Å². The van der Waals surface area contributed by atoms with Crippen molar-refractivity contribution in [1.29, 1.82) is 0 Å². The second-order valence-corrected chi connectivity index (χ2v) is 6.74. The van der Waals surface area contributed by atoms with Gasteiger partial charge in [0.25, 0.3) is 0 Å². The highest BCUT2D eigenvalue weighted by Gasteiger charge is 2.16. The summed E-state index contributed by atoms with van der Waals surface area (Å²) in [5.74, 6) is 1.18. The monoisotopic (exact) mass is 253 g/mol. The first-order valence-corrected chi connectivity index (χ1v) is 7.21. The first-order chi connectivity index (χ1) is 7.84. The Bertz CT molecular complexity index is 375. The molecule has 0 aliphatic carbocycles. The lowest BCUT2D eigenvalue weighted by atomic mass is 10.1. The zero-order chi connectivity index (χ0) is 13.1. The molecule has 1 aromatic rings. The number of rotatable bonds is 5. The van der Waals surface area contributed by atoms with E-state index in [1.807, 2.05) is 18.7 Å². The van der Waals surface area contributed by atoms with Gasteiger partial charge >= 0.3 is 0 Å². The molecule has 0 bridgehead atoms. The number of hydrogen-bond donors (Lipinski definition) is 1. The number of nitrogens with zero attached hydrogens (tertiary/aromatic N) is 2. The second kappa shape index (κ2) is 5.71. The summed E-state index contributed by atoms with van der Waals surface area (Å²) in [4.78, 5) is 8.96. The third-order valence-corrected chi connectivity index (χ3v) is 3.94. The van der Waals surface area contributed by atoms with Crippen molar-refractivity contribution in [3.8, 4) is 0 Å². The van der Waals surface area contributed by atoms with Crippen LogP contribution in [0.15, 0.2) is 6.07 Å². The number of aromatic nitrogens is 2. The number of hydrogen-bond acceptors (Lipinski definition) is 4. The van der Waals surface area contributed by atoms with Crippen LogP contribution in [0.4, 0.5) is 5.95 Å². The molecule has 17 heavy (non-hydrogen) atoms. The fourth-order valence-electron chi connectivity index (χ4n) is 1.33. The van der Waals surface area contributed by atoms with Gasteiger partial charge in [-0.05, 0) is 39.0 Å². The van der Waals surface area contributed by atoms with Gasteiger partial charge in [-0.3, -0.25) is 0 Å². The van der Waals surface area contributed by atoms with Crippen molar-refractivity contribution in [2.45, 2.75) is 45.3 Å². The molecule has 0 aliphatic heterocycles. The minimum atomic E-state index is 0.200. The molecular weight excluding hydrogens is 230 g/mol. The lowest BCUT2D eigenvalue weighted by molar-refractivity contribution is 0.740. The quantitative estimate of drug-likeness (QED) is 0.872. The molecule has 1 heterocycles. The molecule has 3 nitrogen and oxygen atoms in total. The normalized spacial score (nSPS) is 11.9. The van der Waals surface area contributed by atoms with Crippen molar-refractivity contribution in [1.82, 2.24) is 9.97 Å². The average molecular weight is 253 g/mol. The van der Waals surface area contributed by atoms with E-state index >= 15 is 0 Å². The van der Waals surface area contributed by atoms with Gasteiger partial charge in [-0.25, -0.2) is 9.97 Å². The first kappa shape index (κ1) is 14.3. The van der Waals surface area contributed by atoms with Crippen molar-refractivity contribution < 1.29 is 0 Å². The average Bonchev–Trinajstić information content (AvgIpc) is 2.26. The van der Waals surface area contributed by atoms with Crippen LogP contribution in [0.2, 0.25) is 0 Å². The van der Waals surface area contributed by atoms with Crippen LogP contribution in [0.1, 0.15) is 45.0 Å². The maximum atomic E-state index is 4.54. The van der Waals surface area contributed by atoms with E-state index in [4.69, 9.17) is 0 Å². The Morgan fingerprint density at radius 1 is 1.35 bits per heavy atom. The summed E-state index contributed by atoms with van der Waals surface area (Å²) in [6.07, 6.45) is 2.12. The summed E-state index contributed by atoms with van der Waals surface area (Å²) in [6, 6.07) is 2.05. The minimum absolute atomic E-state index is 0.200. The van der Waals surface area contributed by atoms with E-state index in [1.165, 1.54) is 0 Å². The number of thioether (sulfide) groups is 1. The molecule has 1 N–H and O–H groups in total. The molecule has 0 radical (unpaired) electrons. The number of aryl methyl sites for hydroxylation is 1. The molecule has 0 fully saturated rings. The lowest BCUT2D eigenvalue weighted by Gasteiger charge is -2.22. The third kappa shape index (κ3) is 4.54. The maximum Gasteiger partial charge on any atom is 0.223 e. The van der Waals surface area contributed by atoms with E-state index in [-0.39, 0.29) is 4.75 Å². The summed E-state index contributed by atoms with van der Waals surface area (Å²) < 4.78 is 0.200. The summed E-state index contributed by atoms with van der Waals surface area (Å²) in [7, 11) is 0. The van der Waals surface area contributed by atoms with E-state index in [1.54, 1.807) is 0 Å². The molecule has 1 rings (SSSR count). The van der Waals surface area contributed by atoms with E-state index in [0.29, 0.717) is 5.92 Å². The summed E-state index contributed by atoms with van der Waals surface area (Å²) in [5.41, 5.74) is 2.12. The Kier molecular flexibility index (Phi) is 4.80. The third-order valence-electron chi connectivity index (χ3n) is 2.69. The zero-order valence-corrected chi connectivity index (χ0v) is 12.5. The minimum Gasteiger partial charge on any atom is -0.353 e. The predicted octanol–water partition coefficient (Wildman–Crippen LogP) is 3.46. The van der Waals surface area contributed by atoms with Gasteiger partial charge in [0, 0.05) is 22.7 Å². The van der Waals surface area contributed by atoms with Gasteiger partial charge in [-0.15, -0.1) is 0 Å². The zero-order valence-electron chi connectivity index (χ0n) is 11.7. The molecule has 0 saturated heterocycles. The summed E-state index contributed by atoms with van der Waals surface area (Å²) >= 11 is 1.84. The SMILES string of the molecule is CSC(C)(C)CNc1nc(C)cc(C(C)C)n1. The van der Waals surface area contributed by atoms with E-state index in [9.17, 15) is 0 Å². The molecule has 4 heteroatoms. The summed E-state index contributed by atoms with van der Waals surface area (Å²) in [6.45, 7) is 11.6. The molecule has 0 spiro atoms. The van der Waals surface area contributed by atoms with Crippen molar-refractivity contribution in [3.63, 3.8) is 0 Å². The van der Waals surface area contributed by atoms with E-state index in [0.717, 1.165) is 23.9 Å². The van der Waals surface area contributed by atoms with E-state index < -0.39 is 0 Å². The Hall–Kier alpha value is -0.770. The molecule has 0 aromatic carbocycles. The predicted molar refractivity (Wildman–Crippen MR) is 76.9 cm³/mol. The lowest BCUT2D eigenvalue weighted by Crippen LogP contribution is -2.26. The summed E-state index contributed by atoms with van der Waals surface area (Å²) in [5, 5.41) is 3.33. The van der Waals surface area contributed by atoms with Crippen molar-refractivity contribution in [2.24, 2.45) is 0 Å². The van der Waals surface area contributed by atoms with Crippen LogP contribution in [0.5, 0.6) is 0 Å². The molecule has 0 saturated carbocycles. The highest BCUT2D eigenvalue weighted by atomic mass is 32.2. The van der Waals surface area contributed by atoms with Gasteiger partial charge in [0.1, 0.15) is 0 Å². The van der Waals surface area contributed by atoms with Crippen molar-refractivity contribution in [3.05, 3.63) is 17.5 Å². The standard InChI is InChI=1S/C13H23N3S/c1-9(2)11-7-10(3)15-12(16-11)14-8-13(4,5)17-6/h7,9H,8H2,1-6H3,(H,14,15,16). The number of nitrogens with one attached hydrogen (secondary N) is 1. The van der Waals surface area contributed by atoms with Gasteiger partial charge < -0.3 is 5.32 Å². The van der Waals surface area contributed by atoms with Crippen LogP contribution >= 0.6 is 11.8 Å². The Morgan fingerprint density at radius 3 is 2.53 bits per heavy atom. The van der Waals surface area contributed by atoms with Gasteiger partial charge in [-0.1, -0.05) is 13.8 Å². The fourth-order valence-corrected chi connectivity index (χ4v) is 1.55. The molecule has 0 atom stereocenters. The van der Waals surface area contributed by atoms with Crippen molar-refractivity contribution >= 4 is 17.7 Å². The molecular formula is C13H23N3S. The fraction of sp³-hybridized carbons (Fsp3) is 0.692. The Morgan fingerprint density at radius 2 is 2.00 bits per heavy atom. The first-order valence-electron chi connectivity index (χ1n) is 5.98. The maximum absolute atomic E-state index is 4.54. The molecule has 0 unspecified atom stereocenters. The topological polar surface area (TPSA) is 37.8 Å². The second-order valence-electron chi connectivity index (χ2n) is 5.23. The van der Waals surface area contributed by atoms with Crippen LogP contribution in [0, 0.1) is 6.92 Å². The van der Waals surface area contributed by atoms with Gasteiger partial charge in [0.15, 0.2) is 0 Å². The number of anilines is 1. The van der Waals surface area contributed by atoms with Crippen LogP contribution < -0.4 is 5.32 Å². The largest absolute Gasteiger partial charge is 0.353 e. The Labute approximate surface area is 109 Å². The van der Waals surface area contributed by atoms with Gasteiger partial charge in [0.05, 0.1) is 0 Å². The van der Waals surface area contributed by atoms with Crippen LogP contribution in [-0.4, -0.2) is 27.5 Å². The highest BCUT2D eigenvalue weighted by Crippen LogP contribution is 2.21. The molecule has 96 valence electrons. The molecule has 0 aliphatic rings. The van der Waals surface area contributed by atoms with Crippen molar-refractivity contribution in [2.75, 3.05) is 18.1 Å². The Balaban J connectivity index is 2.78. The molecule has 0 amide bonds. The highest BCUT2D eigenvalue weighted by molar-refractivity contribution is 7.99. The van der Waals surface area contributed by atoms with Crippen LogP contribution in [-0.2, 0) is 0 Å². The smallest absolute Gasteiger partial charge is 0.223 e. The van der Waals surface area contributed by atoms with Crippen LogP contribution in [0.3, 0.4) is 0 Å².